The second-order valence-corrected chi connectivity index (χ2v) is 6.37. The van der Waals surface area contributed by atoms with Crippen molar-refractivity contribution in [3.63, 3.8) is 0 Å². The fourth-order valence-electron chi connectivity index (χ4n) is 3.27. The van der Waals surface area contributed by atoms with E-state index in [1.807, 2.05) is 0 Å². The Labute approximate surface area is 100 Å². The lowest BCUT2D eigenvalue weighted by Crippen LogP contribution is -2.59. The number of rotatable bonds is 2. The van der Waals surface area contributed by atoms with Gasteiger partial charge in [0.1, 0.15) is 0 Å². The molecular formula is C14H27NO. The van der Waals surface area contributed by atoms with Crippen molar-refractivity contribution >= 4 is 0 Å². The van der Waals surface area contributed by atoms with Gasteiger partial charge in [0.15, 0.2) is 0 Å². The van der Waals surface area contributed by atoms with E-state index in [0.717, 1.165) is 13.2 Å². The minimum Gasteiger partial charge on any atom is -0.372 e. The van der Waals surface area contributed by atoms with E-state index in [-0.39, 0.29) is 5.60 Å². The van der Waals surface area contributed by atoms with Gasteiger partial charge in [0.2, 0.25) is 0 Å². The van der Waals surface area contributed by atoms with Gasteiger partial charge in [-0.3, -0.25) is 0 Å². The fourth-order valence-corrected chi connectivity index (χ4v) is 3.27. The Kier molecular flexibility index (Phi) is 3.60. The number of morpholine rings is 1. The highest BCUT2D eigenvalue weighted by Gasteiger charge is 2.45. The molecule has 1 aliphatic heterocycles. The minimum atomic E-state index is 0.170. The summed E-state index contributed by atoms with van der Waals surface area (Å²) in [5, 5.41) is 3.68. The second kappa shape index (κ2) is 4.66. The van der Waals surface area contributed by atoms with E-state index in [1.165, 1.54) is 38.5 Å². The lowest BCUT2D eigenvalue weighted by Gasteiger charge is -2.50. The van der Waals surface area contributed by atoms with Crippen molar-refractivity contribution in [1.29, 1.82) is 0 Å². The van der Waals surface area contributed by atoms with E-state index < -0.39 is 0 Å². The second-order valence-electron chi connectivity index (χ2n) is 6.37. The van der Waals surface area contributed by atoms with Gasteiger partial charge in [-0.2, -0.15) is 0 Å². The zero-order valence-electron chi connectivity index (χ0n) is 11.1. The zero-order chi connectivity index (χ0) is 11.6. The Morgan fingerprint density at radius 2 is 1.88 bits per heavy atom. The first-order valence-electron chi connectivity index (χ1n) is 6.95. The van der Waals surface area contributed by atoms with Crippen LogP contribution in [0.2, 0.25) is 0 Å². The molecule has 1 spiro atoms. The fraction of sp³-hybridized carbons (Fsp3) is 1.00. The zero-order valence-corrected chi connectivity index (χ0v) is 11.1. The smallest absolute Gasteiger partial charge is 0.0835 e. The third-order valence-electron chi connectivity index (χ3n) is 4.54. The van der Waals surface area contributed by atoms with Crippen LogP contribution in [-0.4, -0.2) is 24.8 Å². The lowest BCUT2D eigenvalue weighted by atomic mass is 9.67. The summed E-state index contributed by atoms with van der Waals surface area (Å²) < 4.78 is 6.20. The Hall–Kier alpha value is -0.0800. The Balaban J connectivity index is 2.04. The molecule has 2 nitrogen and oxygen atoms in total. The average molecular weight is 225 g/mol. The molecule has 1 aliphatic carbocycles. The van der Waals surface area contributed by atoms with Crippen LogP contribution in [0.5, 0.6) is 0 Å². The predicted octanol–water partition coefficient (Wildman–Crippen LogP) is 3.11. The quantitative estimate of drug-likeness (QED) is 0.779. The van der Waals surface area contributed by atoms with Crippen LogP contribution >= 0.6 is 0 Å². The summed E-state index contributed by atoms with van der Waals surface area (Å²) in [4.78, 5) is 0. The van der Waals surface area contributed by atoms with Crippen LogP contribution in [0, 0.1) is 5.41 Å². The molecule has 1 unspecified atom stereocenters. The molecule has 1 heterocycles. The highest BCUT2D eigenvalue weighted by Crippen LogP contribution is 2.45. The van der Waals surface area contributed by atoms with Crippen LogP contribution in [0.4, 0.5) is 0 Å². The Bertz CT molecular complexity index is 225. The van der Waals surface area contributed by atoms with Crippen molar-refractivity contribution in [3.05, 3.63) is 0 Å². The molecule has 0 aromatic heterocycles. The van der Waals surface area contributed by atoms with E-state index in [4.69, 9.17) is 4.74 Å². The van der Waals surface area contributed by atoms with Gasteiger partial charge >= 0.3 is 0 Å². The normalized spacial score (nSPS) is 32.8. The Morgan fingerprint density at radius 1 is 1.19 bits per heavy atom. The standard InChI is InChI=1S/C14H27NO/c1-4-5-12-14(16-11-10-15-12)8-6-13(2,3)7-9-14/h12,15H,4-11H2,1-3H3. The maximum Gasteiger partial charge on any atom is 0.0835 e. The van der Waals surface area contributed by atoms with Crippen molar-refractivity contribution in [3.8, 4) is 0 Å². The summed E-state index contributed by atoms with van der Waals surface area (Å²) in [6.07, 6.45) is 7.64. The molecule has 94 valence electrons. The number of nitrogens with one attached hydrogen (secondary N) is 1. The van der Waals surface area contributed by atoms with Gasteiger partial charge < -0.3 is 10.1 Å². The van der Waals surface area contributed by atoms with Gasteiger partial charge in [0.25, 0.3) is 0 Å². The highest BCUT2D eigenvalue weighted by molar-refractivity contribution is 5.00. The van der Waals surface area contributed by atoms with Gasteiger partial charge in [-0.05, 0) is 37.5 Å². The third-order valence-corrected chi connectivity index (χ3v) is 4.54. The summed E-state index contributed by atoms with van der Waals surface area (Å²) in [7, 11) is 0. The van der Waals surface area contributed by atoms with Gasteiger partial charge in [-0.15, -0.1) is 0 Å². The molecule has 0 radical (unpaired) electrons. The number of ether oxygens (including phenoxy) is 1. The highest BCUT2D eigenvalue weighted by atomic mass is 16.5. The first-order chi connectivity index (χ1) is 7.58. The maximum atomic E-state index is 6.20. The van der Waals surface area contributed by atoms with Crippen molar-refractivity contribution in [1.82, 2.24) is 5.32 Å². The molecule has 0 aromatic rings. The molecule has 0 aromatic carbocycles. The summed E-state index contributed by atoms with van der Waals surface area (Å²) in [5.41, 5.74) is 0.701. The average Bonchev–Trinajstić information content (AvgIpc) is 2.26. The molecule has 2 fully saturated rings. The van der Waals surface area contributed by atoms with E-state index in [2.05, 4.69) is 26.1 Å². The molecule has 1 atom stereocenters. The molecule has 2 aliphatic rings. The van der Waals surface area contributed by atoms with Gasteiger partial charge in [0, 0.05) is 12.6 Å². The summed E-state index contributed by atoms with van der Waals surface area (Å²) >= 11 is 0. The van der Waals surface area contributed by atoms with E-state index in [0.29, 0.717) is 11.5 Å². The molecule has 16 heavy (non-hydrogen) atoms. The van der Waals surface area contributed by atoms with E-state index >= 15 is 0 Å². The van der Waals surface area contributed by atoms with Gasteiger partial charge in [-0.25, -0.2) is 0 Å². The predicted molar refractivity (Wildman–Crippen MR) is 67.6 cm³/mol. The molecule has 0 amide bonds. The maximum absolute atomic E-state index is 6.20. The minimum absolute atomic E-state index is 0.170. The van der Waals surface area contributed by atoms with Gasteiger partial charge in [0.05, 0.1) is 12.2 Å². The number of hydrogen-bond donors (Lipinski definition) is 1. The third kappa shape index (κ3) is 2.43. The van der Waals surface area contributed by atoms with Crippen LogP contribution in [0.3, 0.4) is 0 Å². The van der Waals surface area contributed by atoms with Crippen molar-refractivity contribution < 1.29 is 4.74 Å². The van der Waals surface area contributed by atoms with Crippen LogP contribution in [-0.2, 0) is 4.74 Å². The molecule has 2 rings (SSSR count). The lowest BCUT2D eigenvalue weighted by molar-refractivity contribution is -0.132. The summed E-state index contributed by atoms with van der Waals surface area (Å²) in [5.74, 6) is 0. The van der Waals surface area contributed by atoms with Crippen molar-refractivity contribution in [2.75, 3.05) is 13.2 Å². The molecule has 2 heteroatoms. The first-order valence-corrected chi connectivity index (χ1v) is 6.95. The van der Waals surface area contributed by atoms with Crippen molar-refractivity contribution in [2.45, 2.75) is 70.9 Å². The molecular weight excluding hydrogens is 198 g/mol. The topological polar surface area (TPSA) is 21.3 Å². The molecule has 1 saturated carbocycles. The van der Waals surface area contributed by atoms with Crippen LogP contribution in [0.25, 0.3) is 0 Å². The van der Waals surface area contributed by atoms with E-state index in [1.54, 1.807) is 0 Å². The first kappa shape index (κ1) is 12.4. The summed E-state index contributed by atoms with van der Waals surface area (Å²) in [6, 6.07) is 0.599. The Morgan fingerprint density at radius 3 is 2.50 bits per heavy atom. The van der Waals surface area contributed by atoms with Crippen LogP contribution in [0.15, 0.2) is 0 Å². The largest absolute Gasteiger partial charge is 0.372 e. The number of hydrogen-bond acceptors (Lipinski definition) is 2. The van der Waals surface area contributed by atoms with Crippen LogP contribution in [0.1, 0.15) is 59.3 Å². The SMILES string of the molecule is CCCC1NCCOC12CCC(C)(C)CC2. The monoisotopic (exact) mass is 225 g/mol. The summed E-state index contributed by atoms with van der Waals surface area (Å²) in [6.45, 7) is 9.00. The van der Waals surface area contributed by atoms with Crippen LogP contribution < -0.4 is 5.32 Å². The van der Waals surface area contributed by atoms with Gasteiger partial charge in [-0.1, -0.05) is 27.2 Å². The molecule has 1 saturated heterocycles. The van der Waals surface area contributed by atoms with E-state index in [9.17, 15) is 0 Å². The molecule has 1 N–H and O–H groups in total. The molecule has 0 bridgehead atoms. The van der Waals surface area contributed by atoms with Crippen molar-refractivity contribution in [2.24, 2.45) is 5.41 Å².